The van der Waals surface area contributed by atoms with Crippen LogP contribution in [-0.4, -0.2) is 43.3 Å². The number of carbonyl (C=O) groups is 1. The van der Waals surface area contributed by atoms with Crippen LogP contribution in [0.25, 0.3) is 0 Å². The zero-order valence-corrected chi connectivity index (χ0v) is 14.1. The maximum atomic E-state index is 12.6. The first-order chi connectivity index (χ1) is 11.3. The topological polar surface area (TPSA) is 38.8 Å². The molecule has 4 nitrogen and oxygen atoms in total. The first-order valence-electron chi connectivity index (χ1n) is 8.49. The average molecular weight is 338 g/mol. The highest BCUT2D eigenvalue weighted by Gasteiger charge is 2.30. The monoisotopic (exact) mass is 337 g/mol. The third kappa shape index (κ3) is 4.25. The molecule has 3 rings (SSSR count). The Morgan fingerprint density at radius 2 is 2.04 bits per heavy atom. The van der Waals surface area contributed by atoms with E-state index in [0.29, 0.717) is 13.0 Å². The number of hydrogen-bond donors (Lipinski definition) is 0. The van der Waals surface area contributed by atoms with E-state index in [0.717, 1.165) is 56.0 Å². The van der Waals surface area contributed by atoms with Gasteiger partial charge in [-0.3, -0.25) is 4.79 Å². The summed E-state index contributed by atoms with van der Waals surface area (Å²) in [4.78, 5) is 14.5. The molecular weight excluding hydrogens is 314 g/mol. The average Bonchev–Trinajstić information content (AvgIpc) is 3.06. The van der Waals surface area contributed by atoms with Crippen molar-refractivity contribution in [1.29, 1.82) is 0 Å². The molecule has 0 saturated carbocycles. The summed E-state index contributed by atoms with van der Waals surface area (Å²) in [5, 5.41) is 0.746. The van der Waals surface area contributed by atoms with E-state index in [9.17, 15) is 4.79 Å². The van der Waals surface area contributed by atoms with Crippen LogP contribution in [0.4, 0.5) is 0 Å². The zero-order valence-electron chi connectivity index (χ0n) is 13.4. The number of ether oxygens (including phenoxy) is 2. The molecule has 0 spiro atoms. The number of carbonyl (C=O) groups excluding carboxylic acids is 1. The normalized spacial score (nSPS) is 22.5. The molecule has 1 atom stereocenters. The highest BCUT2D eigenvalue weighted by Crippen LogP contribution is 2.35. The van der Waals surface area contributed by atoms with Gasteiger partial charge in [-0.1, -0.05) is 29.8 Å². The van der Waals surface area contributed by atoms with Crippen LogP contribution in [0.15, 0.2) is 24.3 Å². The summed E-state index contributed by atoms with van der Waals surface area (Å²) in [5.74, 6) is 0.166. The summed E-state index contributed by atoms with van der Waals surface area (Å²) < 4.78 is 11.1. The highest BCUT2D eigenvalue weighted by molar-refractivity contribution is 6.31. The van der Waals surface area contributed by atoms with Gasteiger partial charge in [-0.2, -0.15) is 0 Å². The second kappa shape index (κ2) is 8.13. The lowest BCUT2D eigenvalue weighted by molar-refractivity contribution is -0.134. The van der Waals surface area contributed by atoms with Crippen LogP contribution in [0.5, 0.6) is 0 Å². The Bertz CT molecular complexity index is 531. The quantitative estimate of drug-likeness (QED) is 0.824. The number of halogens is 1. The van der Waals surface area contributed by atoms with Crippen LogP contribution >= 0.6 is 11.6 Å². The molecule has 0 aliphatic carbocycles. The molecular formula is C18H24ClNO3. The van der Waals surface area contributed by atoms with Crippen molar-refractivity contribution < 1.29 is 14.3 Å². The Morgan fingerprint density at radius 3 is 2.83 bits per heavy atom. The van der Waals surface area contributed by atoms with Crippen molar-refractivity contribution in [2.24, 2.45) is 0 Å². The number of nitrogens with zero attached hydrogens (tertiary/aromatic N) is 1. The van der Waals surface area contributed by atoms with E-state index in [1.165, 1.54) is 0 Å². The van der Waals surface area contributed by atoms with E-state index in [4.69, 9.17) is 21.1 Å². The van der Waals surface area contributed by atoms with Crippen LogP contribution in [0.3, 0.4) is 0 Å². The molecule has 1 aromatic rings. The van der Waals surface area contributed by atoms with Crippen molar-refractivity contribution in [2.75, 3.05) is 26.4 Å². The molecule has 2 heterocycles. The maximum absolute atomic E-state index is 12.6. The van der Waals surface area contributed by atoms with Crippen LogP contribution in [0.1, 0.15) is 43.7 Å². The summed E-state index contributed by atoms with van der Waals surface area (Å²) in [7, 11) is 0. The largest absolute Gasteiger partial charge is 0.381 e. The lowest BCUT2D eigenvalue weighted by atomic mass is 10.0. The van der Waals surface area contributed by atoms with Crippen LogP contribution in [0, 0.1) is 0 Å². The number of likely N-dealkylation sites (tertiary alicyclic amines) is 1. The summed E-state index contributed by atoms with van der Waals surface area (Å²) >= 11 is 6.31. The second-order valence-electron chi connectivity index (χ2n) is 6.20. The molecule has 0 N–H and O–H groups in total. The number of rotatable bonds is 5. The molecule has 2 fully saturated rings. The van der Waals surface area contributed by atoms with Gasteiger partial charge in [0.05, 0.1) is 25.2 Å². The highest BCUT2D eigenvalue weighted by atomic mass is 35.5. The summed E-state index contributed by atoms with van der Waals surface area (Å²) in [6.45, 7) is 2.83. The molecule has 1 aromatic carbocycles. The standard InChI is InChI=1S/C18H24ClNO3/c19-16-5-2-1-4-15(16)17-6-3-10-20(17)18(21)9-13-23-14-7-11-22-12-8-14/h1-2,4-5,14,17H,3,6-13H2/t17-/m0/s1. The lowest BCUT2D eigenvalue weighted by Gasteiger charge is -2.27. The van der Waals surface area contributed by atoms with E-state index >= 15 is 0 Å². The van der Waals surface area contributed by atoms with Crippen molar-refractivity contribution in [2.45, 2.75) is 44.2 Å². The fourth-order valence-corrected chi connectivity index (χ4v) is 3.69. The summed E-state index contributed by atoms with van der Waals surface area (Å²) in [6, 6.07) is 7.94. The molecule has 0 radical (unpaired) electrons. The fourth-order valence-electron chi connectivity index (χ4n) is 3.43. The van der Waals surface area contributed by atoms with Crippen molar-refractivity contribution in [3.05, 3.63) is 34.9 Å². The molecule has 126 valence electrons. The van der Waals surface area contributed by atoms with E-state index < -0.39 is 0 Å². The Hall–Kier alpha value is -1.10. The Kier molecular flexibility index (Phi) is 5.92. The van der Waals surface area contributed by atoms with Gasteiger partial charge in [0.2, 0.25) is 5.91 Å². The van der Waals surface area contributed by atoms with Gasteiger partial charge in [-0.15, -0.1) is 0 Å². The first kappa shape index (κ1) is 16.7. The molecule has 2 aliphatic rings. The Morgan fingerprint density at radius 1 is 1.26 bits per heavy atom. The molecule has 0 bridgehead atoms. The summed E-state index contributed by atoms with van der Waals surface area (Å²) in [5.41, 5.74) is 1.06. The molecule has 23 heavy (non-hydrogen) atoms. The fraction of sp³-hybridized carbons (Fsp3) is 0.611. The minimum absolute atomic E-state index is 0.110. The number of benzene rings is 1. The predicted molar refractivity (Wildman–Crippen MR) is 89.6 cm³/mol. The van der Waals surface area contributed by atoms with E-state index in [1.54, 1.807) is 0 Å². The second-order valence-corrected chi connectivity index (χ2v) is 6.61. The van der Waals surface area contributed by atoms with Crippen LogP contribution in [0.2, 0.25) is 5.02 Å². The first-order valence-corrected chi connectivity index (χ1v) is 8.87. The number of hydrogen-bond acceptors (Lipinski definition) is 3. The molecule has 0 unspecified atom stereocenters. The Balaban J connectivity index is 1.53. The predicted octanol–water partition coefficient (Wildman–Crippen LogP) is 3.59. The molecule has 0 aromatic heterocycles. The van der Waals surface area contributed by atoms with Gasteiger partial charge in [0, 0.05) is 24.8 Å². The van der Waals surface area contributed by atoms with Gasteiger partial charge in [-0.25, -0.2) is 0 Å². The number of amides is 1. The van der Waals surface area contributed by atoms with Gasteiger partial charge in [0.25, 0.3) is 0 Å². The molecule has 2 saturated heterocycles. The van der Waals surface area contributed by atoms with Crippen LogP contribution in [-0.2, 0) is 14.3 Å². The van der Waals surface area contributed by atoms with Crippen molar-refractivity contribution in [3.8, 4) is 0 Å². The van der Waals surface area contributed by atoms with E-state index in [2.05, 4.69) is 0 Å². The molecule has 2 aliphatic heterocycles. The van der Waals surface area contributed by atoms with Gasteiger partial charge in [0.1, 0.15) is 0 Å². The smallest absolute Gasteiger partial charge is 0.225 e. The third-order valence-electron chi connectivity index (χ3n) is 4.68. The molecule has 1 amide bonds. The van der Waals surface area contributed by atoms with E-state index in [-0.39, 0.29) is 18.1 Å². The van der Waals surface area contributed by atoms with Crippen molar-refractivity contribution in [3.63, 3.8) is 0 Å². The minimum atomic E-state index is 0.110. The van der Waals surface area contributed by atoms with Gasteiger partial charge >= 0.3 is 0 Å². The maximum Gasteiger partial charge on any atom is 0.225 e. The Labute approximate surface area is 142 Å². The lowest BCUT2D eigenvalue weighted by Crippen LogP contribution is -2.32. The third-order valence-corrected chi connectivity index (χ3v) is 5.02. The van der Waals surface area contributed by atoms with E-state index in [1.807, 2.05) is 29.2 Å². The van der Waals surface area contributed by atoms with Crippen LogP contribution < -0.4 is 0 Å². The molecule has 5 heteroatoms. The van der Waals surface area contributed by atoms with Gasteiger partial charge < -0.3 is 14.4 Å². The van der Waals surface area contributed by atoms with Gasteiger partial charge in [0.15, 0.2) is 0 Å². The summed E-state index contributed by atoms with van der Waals surface area (Å²) in [6.07, 6.45) is 4.56. The van der Waals surface area contributed by atoms with Crippen molar-refractivity contribution >= 4 is 17.5 Å². The zero-order chi connectivity index (χ0) is 16.1. The van der Waals surface area contributed by atoms with Crippen molar-refractivity contribution in [1.82, 2.24) is 4.90 Å². The SMILES string of the molecule is O=C(CCOC1CCOCC1)N1CCC[C@H]1c1ccccc1Cl. The van der Waals surface area contributed by atoms with Gasteiger partial charge in [-0.05, 0) is 37.3 Å². The minimum Gasteiger partial charge on any atom is -0.381 e.